The summed E-state index contributed by atoms with van der Waals surface area (Å²) in [6, 6.07) is 0. The lowest BCUT2D eigenvalue weighted by Gasteiger charge is -2.37. The summed E-state index contributed by atoms with van der Waals surface area (Å²) in [5.74, 6) is 0.265. The highest BCUT2D eigenvalue weighted by Crippen LogP contribution is 2.35. The summed E-state index contributed by atoms with van der Waals surface area (Å²) in [6.07, 6.45) is 9.17. The van der Waals surface area contributed by atoms with Gasteiger partial charge in [0.25, 0.3) is 0 Å². The first-order valence-corrected chi connectivity index (χ1v) is 10.00. The fourth-order valence-corrected chi connectivity index (χ4v) is 3.88. The maximum atomic E-state index is 11.3. The molecule has 120 valence electrons. The first-order valence-electron chi connectivity index (χ1n) is 7.94. The summed E-state index contributed by atoms with van der Waals surface area (Å²) in [5, 5.41) is 3.52. The van der Waals surface area contributed by atoms with Gasteiger partial charge in [0.1, 0.15) is 9.84 Å². The Balaban J connectivity index is 2.58. The molecule has 0 bridgehead atoms. The van der Waals surface area contributed by atoms with Crippen LogP contribution in [0.1, 0.15) is 45.4 Å². The van der Waals surface area contributed by atoms with Crippen molar-refractivity contribution < 1.29 is 8.42 Å². The van der Waals surface area contributed by atoms with E-state index in [1.165, 1.54) is 44.8 Å². The summed E-state index contributed by atoms with van der Waals surface area (Å²) in [4.78, 5) is 2.21. The highest BCUT2D eigenvalue weighted by Gasteiger charge is 2.31. The molecular formula is C15H32N2O2S. The van der Waals surface area contributed by atoms with Crippen LogP contribution in [0.2, 0.25) is 0 Å². The molecule has 0 atom stereocenters. The molecule has 0 aromatic heterocycles. The van der Waals surface area contributed by atoms with Crippen molar-refractivity contribution in [3.63, 3.8) is 0 Å². The van der Waals surface area contributed by atoms with Crippen molar-refractivity contribution in [3.05, 3.63) is 0 Å². The summed E-state index contributed by atoms with van der Waals surface area (Å²) < 4.78 is 22.6. The summed E-state index contributed by atoms with van der Waals surface area (Å²) >= 11 is 0. The molecule has 0 amide bonds. The molecule has 0 heterocycles. The third-order valence-electron chi connectivity index (χ3n) is 4.36. The second-order valence-corrected chi connectivity index (χ2v) is 8.82. The fourth-order valence-electron chi connectivity index (χ4n) is 3.23. The Morgan fingerprint density at radius 3 is 2.25 bits per heavy atom. The molecule has 0 saturated heterocycles. The average molecular weight is 305 g/mol. The van der Waals surface area contributed by atoms with Crippen molar-refractivity contribution in [2.75, 3.05) is 45.2 Å². The Morgan fingerprint density at radius 1 is 1.15 bits per heavy atom. The lowest BCUT2D eigenvalue weighted by atomic mass is 9.79. The Morgan fingerprint density at radius 2 is 1.75 bits per heavy atom. The van der Waals surface area contributed by atoms with E-state index in [-0.39, 0.29) is 5.75 Å². The molecule has 5 heteroatoms. The molecule has 0 aliphatic heterocycles. The highest BCUT2D eigenvalue weighted by molar-refractivity contribution is 7.90. The summed E-state index contributed by atoms with van der Waals surface area (Å²) in [5.41, 5.74) is 0.332. The fraction of sp³-hybridized carbons (Fsp3) is 1.00. The van der Waals surface area contributed by atoms with Crippen LogP contribution < -0.4 is 5.32 Å². The third kappa shape index (κ3) is 7.04. The van der Waals surface area contributed by atoms with Crippen molar-refractivity contribution >= 4 is 9.84 Å². The van der Waals surface area contributed by atoms with E-state index in [9.17, 15) is 8.42 Å². The van der Waals surface area contributed by atoms with Crippen LogP contribution >= 0.6 is 0 Å². The van der Waals surface area contributed by atoms with Gasteiger partial charge in [-0.05, 0) is 31.8 Å². The molecule has 1 aliphatic carbocycles. The van der Waals surface area contributed by atoms with E-state index in [2.05, 4.69) is 24.2 Å². The van der Waals surface area contributed by atoms with Gasteiger partial charge in [0.05, 0.1) is 5.75 Å². The maximum Gasteiger partial charge on any atom is 0.148 e. The van der Waals surface area contributed by atoms with Gasteiger partial charge in [0.15, 0.2) is 0 Å². The minimum absolute atomic E-state index is 0.265. The predicted octanol–water partition coefficient (Wildman–Crippen LogP) is 1.91. The molecule has 0 unspecified atom stereocenters. The molecule has 1 N–H and O–H groups in total. The van der Waals surface area contributed by atoms with E-state index < -0.39 is 9.84 Å². The molecule has 0 radical (unpaired) electrons. The van der Waals surface area contributed by atoms with Crippen LogP contribution in [0, 0.1) is 5.41 Å². The zero-order chi connectivity index (χ0) is 15.1. The number of rotatable bonds is 8. The Kier molecular flexibility index (Phi) is 7.48. The SMILES string of the molecule is CCNCC1(CN(C)CCS(C)(=O)=O)CCCCCC1. The van der Waals surface area contributed by atoms with E-state index in [0.29, 0.717) is 12.0 Å². The lowest BCUT2D eigenvalue weighted by molar-refractivity contribution is 0.151. The van der Waals surface area contributed by atoms with E-state index in [1.54, 1.807) is 0 Å². The average Bonchev–Trinajstić information content (AvgIpc) is 2.59. The smallest absolute Gasteiger partial charge is 0.148 e. The number of hydrogen-bond acceptors (Lipinski definition) is 4. The van der Waals surface area contributed by atoms with Gasteiger partial charge < -0.3 is 10.2 Å². The van der Waals surface area contributed by atoms with Crippen LogP contribution in [-0.2, 0) is 9.84 Å². The highest BCUT2D eigenvalue weighted by atomic mass is 32.2. The zero-order valence-electron chi connectivity index (χ0n) is 13.5. The summed E-state index contributed by atoms with van der Waals surface area (Å²) in [6.45, 7) is 5.88. The normalized spacial score (nSPS) is 20.0. The third-order valence-corrected chi connectivity index (χ3v) is 5.29. The van der Waals surface area contributed by atoms with Gasteiger partial charge >= 0.3 is 0 Å². The predicted molar refractivity (Wildman–Crippen MR) is 85.9 cm³/mol. The zero-order valence-corrected chi connectivity index (χ0v) is 14.3. The monoisotopic (exact) mass is 304 g/mol. The molecule has 1 fully saturated rings. The van der Waals surface area contributed by atoms with Crippen LogP contribution in [0.25, 0.3) is 0 Å². The molecule has 1 saturated carbocycles. The van der Waals surface area contributed by atoms with E-state index >= 15 is 0 Å². The van der Waals surface area contributed by atoms with Gasteiger partial charge in [-0.1, -0.05) is 32.6 Å². The largest absolute Gasteiger partial charge is 0.316 e. The number of hydrogen-bond donors (Lipinski definition) is 1. The van der Waals surface area contributed by atoms with Crippen LogP contribution in [-0.4, -0.2) is 58.6 Å². The molecule has 0 spiro atoms. The van der Waals surface area contributed by atoms with Crippen molar-refractivity contribution in [1.82, 2.24) is 10.2 Å². The van der Waals surface area contributed by atoms with Crippen molar-refractivity contribution in [3.8, 4) is 0 Å². The number of sulfone groups is 1. The Hall–Kier alpha value is -0.130. The molecule has 0 aromatic rings. The van der Waals surface area contributed by atoms with E-state index in [0.717, 1.165) is 19.6 Å². The first-order chi connectivity index (χ1) is 9.37. The molecule has 1 rings (SSSR count). The first kappa shape index (κ1) is 17.9. The van der Waals surface area contributed by atoms with Crippen LogP contribution in [0.15, 0.2) is 0 Å². The van der Waals surface area contributed by atoms with E-state index in [4.69, 9.17) is 0 Å². The van der Waals surface area contributed by atoms with Gasteiger partial charge in [0, 0.05) is 25.9 Å². The quantitative estimate of drug-likeness (QED) is 0.696. The Labute approximate surface area is 125 Å². The van der Waals surface area contributed by atoms with Crippen LogP contribution in [0.4, 0.5) is 0 Å². The van der Waals surface area contributed by atoms with Gasteiger partial charge in [-0.3, -0.25) is 0 Å². The second kappa shape index (κ2) is 8.35. The standard InChI is InChI=1S/C15H32N2O2S/c1-4-16-13-15(9-7-5-6-8-10-15)14-17(2)11-12-20(3,18)19/h16H,4-14H2,1-3H3. The number of nitrogens with zero attached hydrogens (tertiary/aromatic N) is 1. The van der Waals surface area contributed by atoms with Gasteiger partial charge in [-0.25, -0.2) is 8.42 Å². The molecule has 20 heavy (non-hydrogen) atoms. The van der Waals surface area contributed by atoms with Gasteiger partial charge in [0.2, 0.25) is 0 Å². The summed E-state index contributed by atoms with van der Waals surface area (Å²) in [7, 11) is -0.802. The Bertz CT molecular complexity index is 360. The molecule has 0 aromatic carbocycles. The minimum atomic E-state index is -2.86. The molecule has 1 aliphatic rings. The van der Waals surface area contributed by atoms with Crippen molar-refractivity contribution in [2.24, 2.45) is 5.41 Å². The minimum Gasteiger partial charge on any atom is -0.316 e. The lowest BCUT2D eigenvalue weighted by Crippen LogP contribution is -2.44. The van der Waals surface area contributed by atoms with Gasteiger partial charge in [-0.15, -0.1) is 0 Å². The molecular weight excluding hydrogens is 272 g/mol. The number of nitrogens with one attached hydrogen (secondary N) is 1. The van der Waals surface area contributed by atoms with E-state index in [1.807, 2.05) is 0 Å². The topological polar surface area (TPSA) is 49.4 Å². The van der Waals surface area contributed by atoms with Crippen molar-refractivity contribution in [2.45, 2.75) is 45.4 Å². The maximum absolute atomic E-state index is 11.3. The van der Waals surface area contributed by atoms with Crippen LogP contribution in [0.5, 0.6) is 0 Å². The van der Waals surface area contributed by atoms with Crippen molar-refractivity contribution in [1.29, 1.82) is 0 Å². The van der Waals surface area contributed by atoms with Gasteiger partial charge in [-0.2, -0.15) is 0 Å². The molecule has 4 nitrogen and oxygen atoms in total. The second-order valence-electron chi connectivity index (χ2n) is 6.56. The van der Waals surface area contributed by atoms with Crippen LogP contribution in [0.3, 0.4) is 0 Å².